The standard InChI is InChI=1S/C25H22N6O2S/c32-24(26-12-14-4-2-1-3-5-14)15-6-8-18-17(10-15)21-22(27-13-28-23(21)30-18)29-16-7-9-19-20(11-16)34-25(33)31-19/h1-5,7,9,11,13,15H,6,8,10,12H2,(H,26,32)(H,31,33)(H2,27,28,29,30). The van der Waals surface area contributed by atoms with Crippen LogP contribution in [0.4, 0.5) is 11.5 Å². The number of anilines is 2. The van der Waals surface area contributed by atoms with E-state index in [1.807, 2.05) is 48.5 Å². The highest BCUT2D eigenvalue weighted by Gasteiger charge is 2.29. The SMILES string of the molecule is O=C(NCc1ccccc1)C1CCc2[nH]c3ncnc(Nc4ccc5[nH]c(=O)sc5c4)c3c2C1. The van der Waals surface area contributed by atoms with E-state index in [-0.39, 0.29) is 16.7 Å². The Bertz CT molecular complexity index is 1570. The summed E-state index contributed by atoms with van der Waals surface area (Å²) in [7, 11) is 0. The zero-order valence-electron chi connectivity index (χ0n) is 18.2. The summed E-state index contributed by atoms with van der Waals surface area (Å²) in [6, 6.07) is 15.7. The van der Waals surface area contributed by atoms with E-state index < -0.39 is 0 Å². The molecule has 1 amide bonds. The maximum Gasteiger partial charge on any atom is 0.305 e. The van der Waals surface area contributed by atoms with Crippen molar-refractivity contribution >= 4 is 50.0 Å². The molecule has 5 aromatic rings. The molecule has 0 saturated heterocycles. The van der Waals surface area contributed by atoms with E-state index in [0.29, 0.717) is 18.8 Å². The molecule has 8 nitrogen and oxygen atoms in total. The summed E-state index contributed by atoms with van der Waals surface area (Å²) >= 11 is 1.18. The number of thiazole rings is 1. The number of hydrogen-bond donors (Lipinski definition) is 4. The Kier molecular flexibility index (Phi) is 5.10. The fourth-order valence-corrected chi connectivity index (χ4v) is 5.42. The van der Waals surface area contributed by atoms with Crippen LogP contribution >= 0.6 is 11.3 Å². The minimum atomic E-state index is -0.100. The molecular weight excluding hydrogens is 448 g/mol. The summed E-state index contributed by atoms with van der Waals surface area (Å²) in [5, 5.41) is 7.40. The number of nitrogens with zero attached hydrogens (tertiary/aromatic N) is 2. The normalized spacial score (nSPS) is 15.4. The van der Waals surface area contributed by atoms with Gasteiger partial charge in [-0.15, -0.1) is 0 Å². The lowest BCUT2D eigenvalue weighted by Crippen LogP contribution is -2.33. The highest BCUT2D eigenvalue weighted by Crippen LogP contribution is 2.35. The Morgan fingerprint density at radius 3 is 2.88 bits per heavy atom. The van der Waals surface area contributed by atoms with Crippen LogP contribution in [0.3, 0.4) is 0 Å². The van der Waals surface area contributed by atoms with Gasteiger partial charge in [-0.2, -0.15) is 0 Å². The number of nitrogens with one attached hydrogen (secondary N) is 4. The van der Waals surface area contributed by atoms with Gasteiger partial charge >= 0.3 is 4.87 Å². The molecule has 0 spiro atoms. The largest absolute Gasteiger partial charge is 0.352 e. The maximum atomic E-state index is 12.9. The topological polar surface area (TPSA) is 116 Å². The van der Waals surface area contributed by atoms with Crippen molar-refractivity contribution in [2.45, 2.75) is 25.8 Å². The van der Waals surface area contributed by atoms with Gasteiger partial charge < -0.3 is 20.6 Å². The fraction of sp³-hybridized carbons (Fsp3) is 0.200. The average Bonchev–Trinajstić information content (AvgIpc) is 3.42. The molecule has 0 aliphatic heterocycles. The van der Waals surface area contributed by atoms with E-state index in [1.54, 1.807) is 0 Å². The third kappa shape index (κ3) is 3.84. The summed E-state index contributed by atoms with van der Waals surface area (Å²) in [6.45, 7) is 0.528. The van der Waals surface area contributed by atoms with Crippen LogP contribution in [-0.4, -0.2) is 25.8 Å². The first-order valence-corrected chi connectivity index (χ1v) is 12.0. The minimum absolute atomic E-state index is 0.0722. The molecule has 1 aliphatic carbocycles. The van der Waals surface area contributed by atoms with E-state index >= 15 is 0 Å². The van der Waals surface area contributed by atoms with Gasteiger partial charge in [0.25, 0.3) is 0 Å². The molecule has 0 fully saturated rings. The van der Waals surface area contributed by atoms with Crippen molar-refractivity contribution in [1.29, 1.82) is 0 Å². The number of aromatic nitrogens is 4. The number of H-pyrrole nitrogens is 2. The highest BCUT2D eigenvalue weighted by atomic mass is 32.1. The molecule has 3 aromatic heterocycles. The third-order valence-corrected chi connectivity index (χ3v) is 7.19. The second-order valence-corrected chi connectivity index (χ2v) is 9.54. The lowest BCUT2D eigenvalue weighted by molar-refractivity contribution is -0.125. The number of carbonyl (C=O) groups is 1. The predicted octanol–water partition coefficient (Wildman–Crippen LogP) is 4.03. The molecule has 1 unspecified atom stereocenters. The molecule has 0 bridgehead atoms. The van der Waals surface area contributed by atoms with E-state index in [2.05, 4.69) is 30.6 Å². The first-order chi connectivity index (χ1) is 16.6. The van der Waals surface area contributed by atoms with Gasteiger partial charge in [-0.05, 0) is 48.6 Å². The Morgan fingerprint density at radius 2 is 2.00 bits per heavy atom. The van der Waals surface area contributed by atoms with Crippen LogP contribution in [0, 0.1) is 5.92 Å². The van der Waals surface area contributed by atoms with E-state index in [0.717, 1.165) is 56.6 Å². The van der Waals surface area contributed by atoms with Gasteiger partial charge in [-0.25, -0.2) is 9.97 Å². The summed E-state index contributed by atoms with van der Waals surface area (Å²) in [5.74, 6) is 0.662. The molecule has 4 N–H and O–H groups in total. The van der Waals surface area contributed by atoms with E-state index in [9.17, 15) is 9.59 Å². The Balaban J connectivity index is 1.27. The minimum Gasteiger partial charge on any atom is -0.352 e. The summed E-state index contributed by atoms with van der Waals surface area (Å²) in [4.78, 5) is 39.7. The zero-order chi connectivity index (χ0) is 23.1. The molecule has 6 rings (SSSR count). The van der Waals surface area contributed by atoms with Crippen LogP contribution in [0.2, 0.25) is 0 Å². The molecule has 2 aromatic carbocycles. The quantitative estimate of drug-likeness (QED) is 0.310. The van der Waals surface area contributed by atoms with Crippen molar-refractivity contribution in [2.75, 3.05) is 5.32 Å². The number of amides is 1. The highest BCUT2D eigenvalue weighted by molar-refractivity contribution is 7.16. The molecule has 34 heavy (non-hydrogen) atoms. The number of hydrogen-bond acceptors (Lipinski definition) is 6. The van der Waals surface area contributed by atoms with Crippen molar-refractivity contribution in [3.63, 3.8) is 0 Å². The van der Waals surface area contributed by atoms with Gasteiger partial charge in [0, 0.05) is 23.8 Å². The summed E-state index contributed by atoms with van der Waals surface area (Å²) in [5.41, 5.74) is 5.72. The lowest BCUT2D eigenvalue weighted by atomic mass is 9.86. The average molecular weight is 471 g/mol. The predicted molar refractivity (Wildman–Crippen MR) is 133 cm³/mol. The molecular formula is C25H22N6O2S. The van der Waals surface area contributed by atoms with Gasteiger partial charge in [0.1, 0.15) is 17.8 Å². The number of fused-ring (bicyclic) bond motifs is 4. The van der Waals surface area contributed by atoms with Gasteiger partial charge in [0.15, 0.2) is 0 Å². The van der Waals surface area contributed by atoms with Crippen molar-refractivity contribution in [3.05, 3.63) is 81.3 Å². The van der Waals surface area contributed by atoms with E-state index in [4.69, 9.17) is 0 Å². The molecule has 170 valence electrons. The Hall–Kier alpha value is -3.98. The molecule has 1 aliphatic rings. The van der Waals surface area contributed by atoms with Crippen LogP contribution < -0.4 is 15.5 Å². The second kappa shape index (κ2) is 8.42. The van der Waals surface area contributed by atoms with Gasteiger partial charge in [0.2, 0.25) is 5.91 Å². The Labute approximate surface area is 198 Å². The second-order valence-electron chi connectivity index (χ2n) is 8.52. The lowest BCUT2D eigenvalue weighted by Gasteiger charge is -2.22. The number of aryl methyl sites for hydroxylation is 1. The number of aromatic amines is 2. The number of benzene rings is 2. The van der Waals surface area contributed by atoms with Crippen molar-refractivity contribution in [2.24, 2.45) is 5.92 Å². The number of rotatable bonds is 5. The van der Waals surface area contributed by atoms with Gasteiger partial charge in [-0.3, -0.25) is 9.59 Å². The maximum absolute atomic E-state index is 12.9. The molecule has 1 atom stereocenters. The fourth-order valence-electron chi connectivity index (χ4n) is 4.65. The van der Waals surface area contributed by atoms with Crippen LogP contribution in [-0.2, 0) is 24.2 Å². The molecule has 0 saturated carbocycles. The van der Waals surface area contributed by atoms with Crippen LogP contribution in [0.15, 0.2) is 59.7 Å². The van der Waals surface area contributed by atoms with Crippen molar-refractivity contribution in [1.82, 2.24) is 25.3 Å². The monoisotopic (exact) mass is 470 g/mol. The van der Waals surface area contributed by atoms with Crippen molar-refractivity contribution in [3.8, 4) is 0 Å². The zero-order valence-corrected chi connectivity index (χ0v) is 19.0. The van der Waals surface area contributed by atoms with Gasteiger partial charge in [-0.1, -0.05) is 41.7 Å². The molecule has 9 heteroatoms. The van der Waals surface area contributed by atoms with Crippen LogP contribution in [0.25, 0.3) is 21.3 Å². The third-order valence-electron chi connectivity index (χ3n) is 6.34. The smallest absolute Gasteiger partial charge is 0.305 e. The first-order valence-electron chi connectivity index (χ1n) is 11.2. The van der Waals surface area contributed by atoms with Gasteiger partial charge in [0.05, 0.1) is 15.6 Å². The molecule has 3 heterocycles. The first kappa shape index (κ1) is 20.6. The van der Waals surface area contributed by atoms with E-state index in [1.165, 1.54) is 17.7 Å². The Morgan fingerprint density at radius 1 is 1.12 bits per heavy atom. The molecule has 0 radical (unpaired) electrons. The van der Waals surface area contributed by atoms with Crippen LogP contribution in [0.1, 0.15) is 23.2 Å². The number of carbonyl (C=O) groups excluding carboxylic acids is 1. The van der Waals surface area contributed by atoms with Crippen LogP contribution in [0.5, 0.6) is 0 Å². The van der Waals surface area contributed by atoms with Crippen molar-refractivity contribution < 1.29 is 4.79 Å². The summed E-state index contributed by atoms with van der Waals surface area (Å²) in [6.07, 6.45) is 3.75. The summed E-state index contributed by atoms with van der Waals surface area (Å²) < 4.78 is 0.881.